The van der Waals surface area contributed by atoms with Gasteiger partial charge in [0.1, 0.15) is 37.3 Å². The second-order valence-corrected chi connectivity index (χ2v) is 10.0. The van der Waals surface area contributed by atoms with Crippen LogP contribution in [0.3, 0.4) is 0 Å². The fourth-order valence-corrected chi connectivity index (χ4v) is 5.34. The molecule has 2 aliphatic rings. The Hall–Kier alpha value is -5.19. The van der Waals surface area contributed by atoms with E-state index in [1.165, 1.54) is 6.92 Å². The Kier molecular flexibility index (Phi) is 8.19. The zero-order valence-electron chi connectivity index (χ0n) is 22.7. The van der Waals surface area contributed by atoms with Gasteiger partial charge < -0.3 is 30.0 Å². The molecule has 1 heterocycles. The van der Waals surface area contributed by atoms with Gasteiger partial charge in [-0.05, 0) is 41.3 Å². The van der Waals surface area contributed by atoms with Gasteiger partial charge in [0.05, 0.1) is 18.2 Å². The normalized spacial score (nSPS) is 16.9. The van der Waals surface area contributed by atoms with Crippen molar-refractivity contribution in [1.29, 1.82) is 0 Å². The molecule has 0 saturated heterocycles. The van der Waals surface area contributed by atoms with E-state index in [0.29, 0.717) is 12.0 Å². The molecule has 0 spiro atoms. The molecule has 0 radical (unpaired) electrons. The average molecular weight is 572 g/mol. The lowest BCUT2D eigenvalue weighted by Crippen LogP contribution is -2.57. The van der Waals surface area contributed by atoms with Crippen molar-refractivity contribution in [3.8, 4) is 16.9 Å². The van der Waals surface area contributed by atoms with Crippen molar-refractivity contribution in [2.24, 2.45) is 0 Å². The number of carboxylic acid groups (broad SMARTS) is 1. The van der Waals surface area contributed by atoms with E-state index in [-0.39, 0.29) is 24.8 Å². The Morgan fingerprint density at radius 1 is 1.02 bits per heavy atom. The SMILES string of the molecule is CC(C(=O)NC(C=O)CC(=O)O)N1C(=O)C(NC(=O)OCC2c3ccccc3-c3ccccc32)COc2ccccc21. The number of amides is 3. The molecular weight excluding hydrogens is 542 g/mol. The second kappa shape index (κ2) is 12.1. The molecule has 42 heavy (non-hydrogen) atoms. The predicted octanol–water partition coefficient (Wildman–Crippen LogP) is 2.87. The van der Waals surface area contributed by atoms with E-state index in [0.717, 1.165) is 27.2 Å². The molecule has 3 aromatic rings. The number of fused-ring (bicyclic) bond motifs is 4. The molecular formula is C31H29N3O8. The highest BCUT2D eigenvalue weighted by molar-refractivity contribution is 6.06. The number of aldehydes is 1. The van der Waals surface area contributed by atoms with Crippen LogP contribution in [0.1, 0.15) is 30.4 Å². The summed E-state index contributed by atoms with van der Waals surface area (Å²) in [5, 5.41) is 13.9. The number of para-hydroxylation sites is 2. The molecule has 3 N–H and O–H groups in total. The van der Waals surface area contributed by atoms with Crippen LogP contribution >= 0.6 is 0 Å². The van der Waals surface area contributed by atoms with E-state index in [1.807, 2.05) is 48.5 Å². The van der Waals surface area contributed by atoms with Gasteiger partial charge in [-0.2, -0.15) is 0 Å². The lowest BCUT2D eigenvalue weighted by atomic mass is 9.98. The fraction of sp³-hybridized carbons (Fsp3) is 0.258. The Balaban J connectivity index is 1.31. The topological polar surface area (TPSA) is 151 Å². The largest absolute Gasteiger partial charge is 0.489 e. The fourth-order valence-electron chi connectivity index (χ4n) is 5.34. The molecule has 5 rings (SSSR count). The van der Waals surface area contributed by atoms with Crippen LogP contribution < -0.4 is 20.3 Å². The summed E-state index contributed by atoms with van der Waals surface area (Å²) in [5.74, 6) is -2.53. The Morgan fingerprint density at radius 3 is 2.29 bits per heavy atom. The minimum Gasteiger partial charge on any atom is -0.489 e. The number of carbonyl (C=O) groups excluding carboxylic acids is 4. The van der Waals surface area contributed by atoms with Gasteiger partial charge in [-0.1, -0.05) is 60.7 Å². The van der Waals surface area contributed by atoms with Gasteiger partial charge in [0.25, 0.3) is 5.91 Å². The van der Waals surface area contributed by atoms with Gasteiger partial charge in [0.2, 0.25) is 5.91 Å². The number of benzene rings is 3. The number of hydrogen-bond acceptors (Lipinski definition) is 7. The van der Waals surface area contributed by atoms with Crippen molar-refractivity contribution in [3.63, 3.8) is 0 Å². The molecule has 11 heteroatoms. The summed E-state index contributed by atoms with van der Waals surface area (Å²) >= 11 is 0. The highest BCUT2D eigenvalue weighted by atomic mass is 16.5. The Morgan fingerprint density at radius 2 is 1.64 bits per heavy atom. The highest BCUT2D eigenvalue weighted by Crippen LogP contribution is 2.44. The number of carboxylic acids is 1. The van der Waals surface area contributed by atoms with Gasteiger partial charge >= 0.3 is 12.1 Å². The molecule has 3 atom stereocenters. The first-order chi connectivity index (χ1) is 20.3. The van der Waals surface area contributed by atoms with Crippen molar-refractivity contribution in [2.75, 3.05) is 18.1 Å². The number of nitrogens with zero attached hydrogens (tertiary/aromatic N) is 1. The monoisotopic (exact) mass is 571 g/mol. The van der Waals surface area contributed by atoms with E-state index in [1.54, 1.807) is 24.3 Å². The predicted molar refractivity (Wildman–Crippen MR) is 151 cm³/mol. The molecule has 0 fully saturated rings. The molecule has 0 aromatic heterocycles. The number of hydrogen-bond donors (Lipinski definition) is 3. The third-order valence-electron chi connectivity index (χ3n) is 7.35. The number of rotatable bonds is 9. The molecule has 3 unspecified atom stereocenters. The quantitative estimate of drug-likeness (QED) is 0.332. The molecule has 216 valence electrons. The van der Waals surface area contributed by atoms with Crippen LogP contribution in [-0.4, -0.2) is 66.6 Å². The second-order valence-electron chi connectivity index (χ2n) is 10.0. The van der Waals surface area contributed by atoms with Crippen LogP contribution in [-0.2, 0) is 23.9 Å². The van der Waals surface area contributed by atoms with Crippen LogP contribution in [0.15, 0.2) is 72.8 Å². The molecule has 0 saturated carbocycles. The molecule has 11 nitrogen and oxygen atoms in total. The summed E-state index contributed by atoms with van der Waals surface area (Å²) in [4.78, 5) is 63.3. The van der Waals surface area contributed by atoms with Crippen molar-refractivity contribution in [2.45, 2.75) is 37.4 Å². The summed E-state index contributed by atoms with van der Waals surface area (Å²) in [6.07, 6.45) is -1.12. The molecule has 3 aromatic carbocycles. The van der Waals surface area contributed by atoms with E-state index in [4.69, 9.17) is 14.6 Å². The van der Waals surface area contributed by atoms with Crippen LogP contribution in [0.4, 0.5) is 10.5 Å². The number of anilines is 1. The molecule has 1 aliphatic carbocycles. The Labute approximate surface area is 241 Å². The van der Waals surface area contributed by atoms with Gasteiger partial charge in [-0.25, -0.2) is 4.79 Å². The average Bonchev–Trinajstić information content (AvgIpc) is 3.24. The molecule has 3 amide bonds. The smallest absolute Gasteiger partial charge is 0.407 e. The van der Waals surface area contributed by atoms with Gasteiger partial charge in [-0.15, -0.1) is 0 Å². The summed E-state index contributed by atoms with van der Waals surface area (Å²) in [5.41, 5.74) is 4.52. The maximum Gasteiger partial charge on any atom is 0.407 e. The minimum absolute atomic E-state index is 0.0427. The lowest BCUT2D eigenvalue weighted by Gasteiger charge is -2.30. The first kappa shape index (κ1) is 28.3. The van der Waals surface area contributed by atoms with Crippen LogP contribution in [0.5, 0.6) is 5.75 Å². The van der Waals surface area contributed by atoms with E-state index < -0.39 is 48.4 Å². The first-order valence-corrected chi connectivity index (χ1v) is 13.4. The minimum atomic E-state index is -1.28. The lowest BCUT2D eigenvalue weighted by molar-refractivity contribution is -0.139. The zero-order valence-corrected chi connectivity index (χ0v) is 22.7. The van der Waals surface area contributed by atoms with Crippen molar-refractivity contribution >= 4 is 35.9 Å². The highest BCUT2D eigenvalue weighted by Gasteiger charge is 2.38. The maximum atomic E-state index is 13.7. The number of aliphatic carboxylic acids is 1. The number of ether oxygens (including phenoxy) is 2. The van der Waals surface area contributed by atoms with Gasteiger partial charge in [0.15, 0.2) is 0 Å². The van der Waals surface area contributed by atoms with E-state index in [9.17, 15) is 24.0 Å². The van der Waals surface area contributed by atoms with Gasteiger partial charge in [0, 0.05) is 5.92 Å². The summed E-state index contributed by atoms with van der Waals surface area (Å²) in [7, 11) is 0. The van der Waals surface area contributed by atoms with Crippen molar-refractivity contribution in [3.05, 3.63) is 83.9 Å². The molecule has 0 bridgehead atoms. The summed E-state index contributed by atoms with van der Waals surface area (Å²) < 4.78 is 11.4. The Bertz CT molecular complexity index is 1490. The third-order valence-corrected chi connectivity index (χ3v) is 7.35. The van der Waals surface area contributed by atoms with Gasteiger partial charge in [-0.3, -0.25) is 19.3 Å². The van der Waals surface area contributed by atoms with Crippen LogP contribution in [0.2, 0.25) is 0 Å². The maximum absolute atomic E-state index is 13.7. The summed E-state index contributed by atoms with van der Waals surface area (Å²) in [6, 6.07) is 18.7. The number of carbonyl (C=O) groups is 5. The van der Waals surface area contributed by atoms with Crippen molar-refractivity contribution < 1.29 is 38.6 Å². The standard InChI is InChI=1S/C31H29N3O8/c1-18(29(38)32-19(15-35)14-28(36)37)34-26-12-6-7-13-27(26)41-17-25(30(34)39)33-31(40)42-16-24-22-10-4-2-8-20(22)21-9-3-5-11-23(21)24/h2-13,15,18-19,24-25H,14,16-17H2,1H3,(H,32,38)(H,33,40)(H,36,37). The van der Waals surface area contributed by atoms with Crippen LogP contribution in [0.25, 0.3) is 11.1 Å². The number of alkyl carbamates (subject to hydrolysis) is 1. The first-order valence-electron chi connectivity index (χ1n) is 13.4. The summed E-state index contributed by atoms with van der Waals surface area (Å²) in [6.45, 7) is 1.25. The molecule has 1 aliphatic heterocycles. The van der Waals surface area contributed by atoms with Crippen LogP contribution in [0, 0.1) is 0 Å². The zero-order chi connectivity index (χ0) is 29.8. The van der Waals surface area contributed by atoms with E-state index >= 15 is 0 Å². The van der Waals surface area contributed by atoms with E-state index in [2.05, 4.69) is 10.6 Å². The third kappa shape index (κ3) is 5.67. The van der Waals surface area contributed by atoms with Crippen molar-refractivity contribution in [1.82, 2.24) is 10.6 Å². The number of nitrogens with one attached hydrogen (secondary N) is 2.